The predicted molar refractivity (Wildman–Crippen MR) is 73.8 cm³/mol. The standard InChI is InChI=1S/C15H19NO3/c1-16(2)14(17)11-7-4-8-12-19-15(18)13-9-5-3-6-10-13/h3,5-7,9-11H,4,8,12H2,1-2H3/b11-7+. The minimum absolute atomic E-state index is 0.0405. The minimum Gasteiger partial charge on any atom is -0.462 e. The van der Waals surface area contributed by atoms with E-state index in [1.165, 1.54) is 11.0 Å². The van der Waals surface area contributed by atoms with Crippen LogP contribution in [-0.2, 0) is 9.53 Å². The van der Waals surface area contributed by atoms with Crippen LogP contribution in [0.3, 0.4) is 0 Å². The first-order valence-corrected chi connectivity index (χ1v) is 6.21. The van der Waals surface area contributed by atoms with Crippen molar-refractivity contribution in [2.24, 2.45) is 0 Å². The Kier molecular flexibility index (Phi) is 6.36. The molecule has 0 spiro atoms. The molecule has 19 heavy (non-hydrogen) atoms. The molecule has 0 aromatic heterocycles. The molecule has 0 aliphatic heterocycles. The number of carbonyl (C=O) groups is 2. The van der Waals surface area contributed by atoms with Crippen LogP contribution in [0.5, 0.6) is 0 Å². The highest BCUT2D eigenvalue weighted by Crippen LogP contribution is 2.02. The van der Waals surface area contributed by atoms with Crippen molar-refractivity contribution < 1.29 is 14.3 Å². The zero-order valence-corrected chi connectivity index (χ0v) is 11.3. The summed E-state index contributed by atoms with van der Waals surface area (Å²) in [5, 5.41) is 0. The van der Waals surface area contributed by atoms with Gasteiger partial charge in [0, 0.05) is 14.1 Å². The average Bonchev–Trinajstić information content (AvgIpc) is 2.42. The molecule has 0 saturated carbocycles. The molecule has 1 aromatic carbocycles. The predicted octanol–water partition coefficient (Wildman–Crippen LogP) is 2.27. The summed E-state index contributed by atoms with van der Waals surface area (Å²) in [4.78, 5) is 24.3. The number of unbranched alkanes of at least 4 members (excludes halogenated alkanes) is 1. The molecule has 4 heteroatoms. The molecular formula is C15H19NO3. The lowest BCUT2D eigenvalue weighted by Gasteiger charge is -2.05. The fourth-order valence-electron chi connectivity index (χ4n) is 1.36. The largest absolute Gasteiger partial charge is 0.462 e. The van der Waals surface area contributed by atoms with Gasteiger partial charge in [0.25, 0.3) is 0 Å². The topological polar surface area (TPSA) is 46.6 Å². The van der Waals surface area contributed by atoms with Gasteiger partial charge >= 0.3 is 5.97 Å². The van der Waals surface area contributed by atoms with Crippen molar-refractivity contribution in [3.63, 3.8) is 0 Å². The number of benzene rings is 1. The zero-order valence-electron chi connectivity index (χ0n) is 11.3. The summed E-state index contributed by atoms with van der Waals surface area (Å²) in [6.07, 6.45) is 4.73. The smallest absolute Gasteiger partial charge is 0.338 e. The number of likely N-dealkylation sites (N-methyl/N-ethyl adjacent to an activating group) is 1. The number of hydrogen-bond donors (Lipinski definition) is 0. The van der Waals surface area contributed by atoms with Gasteiger partial charge in [-0.05, 0) is 31.1 Å². The van der Waals surface area contributed by atoms with Crippen molar-refractivity contribution in [1.82, 2.24) is 4.90 Å². The van der Waals surface area contributed by atoms with Crippen molar-refractivity contribution in [1.29, 1.82) is 0 Å². The summed E-state index contributed by atoms with van der Waals surface area (Å²) in [5.41, 5.74) is 0.556. The summed E-state index contributed by atoms with van der Waals surface area (Å²) < 4.78 is 5.11. The van der Waals surface area contributed by atoms with E-state index in [9.17, 15) is 9.59 Å². The lowest BCUT2D eigenvalue weighted by molar-refractivity contribution is -0.123. The second-order valence-corrected chi connectivity index (χ2v) is 4.28. The molecule has 1 aromatic rings. The third-order valence-electron chi connectivity index (χ3n) is 2.46. The van der Waals surface area contributed by atoms with Gasteiger partial charge in [-0.3, -0.25) is 4.79 Å². The zero-order chi connectivity index (χ0) is 14.1. The van der Waals surface area contributed by atoms with Gasteiger partial charge < -0.3 is 9.64 Å². The van der Waals surface area contributed by atoms with E-state index in [2.05, 4.69) is 0 Å². The van der Waals surface area contributed by atoms with E-state index in [0.717, 1.165) is 0 Å². The van der Waals surface area contributed by atoms with Crippen LogP contribution in [0.25, 0.3) is 0 Å². The van der Waals surface area contributed by atoms with Gasteiger partial charge in [-0.2, -0.15) is 0 Å². The van der Waals surface area contributed by atoms with E-state index < -0.39 is 0 Å². The van der Waals surface area contributed by atoms with Crippen molar-refractivity contribution in [3.8, 4) is 0 Å². The molecule has 4 nitrogen and oxygen atoms in total. The maximum absolute atomic E-state index is 11.6. The highest BCUT2D eigenvalue weighted by Gasteiger charge is 2.04. The summed E-state index contributed by atoms with van der Waals surface area (Å²) >= 11 is 0. The van der Waals surface area contributed by atoms with Crippen LogP contribution in [0.1, 0.15) is 23.2 Å². The molecule has 102 valence electrons. The fraction of sp³-hybridized carbons (Fsp3) is 0.333. The first kappa shape index (κ1) is 15.0. The van der Waals surface area contributed by atoms with Crippen LogP contribution in [0, 0.1) is 0 Å². The van der Waals surface area contributed by atoms with E-state index in [1.807, 2.05) is 6.07 Å². The van der Waals surface area contributed by atoms with Crippen molar-refractivity contribution in [3.05, 3.63) is 48.0 Å². The van der Waals surface area contributed by atoms with E-state index >= 15 is 0 Å². The molecule has 1 amide bonds. The molecule has 0 unspecified atom stereocenters. The molecule has 0 saturated heterocycles. The van der Waals surface area contributed by atoms with Crippen molar-refractivity contribution in [2.45, 2.75) is 12.8 Å². The average molecular weight is 261 g/mol. The number of hydrogen-bond acceptors (Lipinski definition) is 3. The van der Waals surface area contributed by atoms with Crippen LogP contribution >= 0.6 is 0 Å². The Morgan fingerprint density at radius 2 is 1.89 bits per heavy atom. The number of nitrogens with zero attached hydrogens (tertiary/aromatic N) is 1. The van der Waals surface area contributed by atoms with Crippen LogP contribution in [0.15, 0.2) is 42.5 Å². The highest BCUT2D eigenvalue weighted by molar-refractivity contribution is 5.89. The Morgan fingerprint density at radius 1 is 1.21 bits per heavy atom. The maximum atomic E-state index is 11.6. The van der Waals surface area contributed by atoms with Crippen LogP contribution in [0.2, 0.25) is 0 Å². The number of ether oxygens (including phenoxy) is 1. The third-order valence-corrected chi connectivity index (χ3v) is 2.46. The van der Waals surface area contributed by atoms with Crippen LogP contribution < -0.4 is 0 Å². The third kappa shape index (κ3) is 5.86. The van der Waals surface area contributed by atoms with Gasteiger partial charge in [0.15, 0.2) is 0 Å². The van der Waals surface area contributed by atoms with Gasteiger partial charge in [-0.1, -0.05) is 24.3 Å². The number of esters is 1. The second kappa shape index (κ2) is 8.08. The van der Waals surface area contributed by atoms with E-state index in [1.54, 1.807) is 44.4 Å². The Labute approximate surface area is 113 Å². The maximum Gasteiger partial charge on any atom is 0.338 e. The van der Waals surface area contributed by atoms with Crippen molar-refractivity contribution >= 4 is 11.9 Å². The number of rotatable bonds is 6. The molecule has 0 aliphatic carbocycles. The van der Waals surface area contributed by atoms with E-state index in [4.69, 9.17) is 4.74 Å². The van der Waals surface area contributed by atoms with Gasteiger partial charge in [0.1, 0.15) is 0 Å². The lowest BCUT2D eigenvalue weighted by atomic mass is 10.2. The summed E-state index contributed by atoms with van der Waals surface area (Å²) in [6.45, 7) is 0.355. The molecular weight excluding hydrogens is 242 g/mol. The molecule has 0 heterocycles. The molecule has 0 radical (unpaired) electrons. The fourth-order valence-corrected chi connectivity index (χ4v) is 1.36. The monoisotopic (exact) mass is 261 g/mol. The van der Waals surface area contributed by atoms with E-state index in [-0.39, 0.29) is 11.9 Å². The van der Waals surface area contributed by atoms with Gasteiger partial charge in [0.2, 0.25) is 5.91 Å². The van der Waals surface area contributed by atoms with Gasteiger partial charge in [0.05, 0.1) is 12.2 Å². The molecule has 0 N–H and O–H groups in total. The van der Waals surface area contributed by atoms with Gasteiger partial charge in [-0.25, -0.2) is 4.79 Å². The lowest BCUT2D eigenvalue weighted by Crippen LogP contribution is -2.18. The molecule has 1 rings (SSSR count). The Hall–Kier alpha value is -2.10. The molecule has 0 bridgehead atoms. The number of carbonyl (C=O) groups excluding carboxylic acids is 2. The Balaban J connectivity index is 2.18. The second-order valence-electron chi connectivity index (χ2n) is 4.28. The minimum atomic E-state index is -0.311. The number of amides is 1. The summed E-state index contributed by atoms with van der Waals surface area (Å²) in [7, 11) is 3.41. The van der Waals surface area contributed by atoms with Crippen molar-refractivity contribution in [2.75, 3.05) is 20.7 Å². The highest BCUT2D eigenvalue weighted by atomic mass is 16.5. The van der Waals surface area contributed by atoms with Crippen LogP contribution in [-0.4, -0.2) is 37.5 Å². The SMILES string of the molecule is CN(C)C(=O)/C=C/CCCOC(=O)c1ccccc1. The normalized spacial score (nSPS) is 10.4. The van der Waals surface area contributed by atoms with Gasteiger partial charge in [-0.15, -0.1) is 0 Å². The molecule has 0 atom stereocenters. The van der Waals surface area contributed by atoms with E-state index in [0.29, 0.717) is 25.0 Å². The quantitative estimate of drug-likeness (QED) is 0.448. The summed E-state index contributed by atoms with van der Waals surface area (Å²) in [5.74, 6) is -0.352. The first-order valence-electron chi connectivity index (χ1n) is 6.21. The van der Waals surface area contributed by atoms with Crippen LogP contribution in [0.4, 0.5) is 0 Å². The Bertz CT molecular complexity index is 438. The Morgan fingerprint density at radius 3 is 2.53 bits per heavy atom. The number of allylic oxidation sites excluding steroid dienone is 1. The summed E-state index contributed by atoms with van der Waals surface area (Å²) in [6, 6.07) is 8.89. The first-order chi connectivity index (χ1) is 9.11. The molecule has 0 aliphatic rings. The molecule has 0 fully saturated rings.